The summed E-state index contributed by atoms with van der Waals surface area (Å²) in [5, 5.41) is 2.22. The summed E-state index contributed by atoms with van der Waals surface area (Å²) in [7, 11) is -4.15. The van der Waals surface area contributed by atoms with Gasteiger partial charge in [-0.1, -0.05) is 29.8 Å². The number of hydrogen-bond acceptors (Lipinski definition) is 3. The van der Waals surface area contributed by atoms with Gasteiger partial charge in [0.1, 0.15) is 18.2 Å². The molecule has 0 saturated heterocycles. The third kappa shape index (κ3) is 4.90. The minimum absolute atomic E-state index is 0.0227. The van der Waals surface area contributed by atoms with Gasteiger partial charge in [-0.3, -0.25) is 9.10 Å². The average molecular weight is 437 g/mol. The Bertz CT molecular complexity index is 1120. The van der Waals surface area contributed by atoms with Gasteiger partial charge in [0, 0.05) is 5.69 Å². The standard InChI is InChI=1S/C20H15ClF2N2O3S/c21-18-12-16(10-11-19(18)23)25(29(27,28)17-4-2-1-3-5-17)13-20(26)24-15-8-6-14(22)7-9-15/h1-12H,13H2,(H,24,26). The van der Waals surface area contributed by atoms with Crippen molar-refractivity contribution in [1.29, 1.82) is 0 Å². The molecule has 0 aliphatic heterocycles. The van der Waals surface area contributed by atoms with Crippen LogP contribution in [0.1, 0.15) is 0 Å². The van der Waals surface area contributed by atoms with E-state index in [0.717, 1.165) is 28.6 Å². The first-order valence-electron chi connectivity index (χ1n) is 8.35. The molecule has 0 aliphatic carbocycles. The van der Waals surface area contributed by atoms with Gasteiger partial charge in [-0.25, -0.2) is 17.2 Å². The lowest BCUT2D eigenvalue weighted by molar-refractivity contribution is -0.114. The minimum Gasteiger partial charge on any atom is -0.325 e. The molecule has 0 radical (unpaired) electrons. The minimum atomic E-state index is -4.15. The number of nitrogens with one attached hydrogen (secondary N) is 1. The van der Waals surface area contributed by atoms with Gasteiger partial charge in [0.25, 0.3) is 10.0 Å². The van der Waals surface area contributed by atoms with Crippen molar-refractivity contribution in [3.05, 3.63) is 89.5 Å². The van der Waals surface area contributed by atoms with Crippen LogP contribution in [0.25, 0.3) is 0 Å². The lowest BCUT2D eigenvalue weighted by Crippen LogP contribution is -2.38. The molecule has 5 nitrogen and oxygen atoms in total. The van der Waals surface area contributed by atoms with Gasteiger partial charge < -0.3 is 5.32 Å². The van der Waals surface area contributed by atoms with Crippen LogP contribution < -0.4 is 9.62 Å². The van der Waals surface area contributed by atoms with Gasteiger partial charge in [-0.2, -0.15) is 0 Å². The zero-order chi connectivity index (χ0) is 21.0. The third-order valence-electron chi connectivity index (χ3n) is 3.94. The Kier molecular flexibility index (Phi) is 6.14. The largest absolute Gasteiger partial charge is 0.325 e. The van der Waals surface area contributed by atoms with Crippen molar-refractivity contribution < 1.29 is 22.0 Å². The molecule has 0 aliphatic rings. The molecule has 3 aromatic carbocycles. The summed E-state index contributed by atoms with van der Waals surface area (Å²) in [6.45, 7) is -0.601. The smallest absolute Gasteiger partial charge is 0.264 e. The first kappa shape index (κ1) is 20.8. The van der Waals surface area contributed by atoms with Gasteiger partial charge in [0.15, 0.2) is 0 Å². The molecule has 3 aromatic rings. The molecule has 29 heavy (non-hydrogen) atoms. The predicted molar refractivity (Wildman–Crippen MR) is 107 cm³/mol. The Balaban J connectivity index is 1.95. The highest BCUT2D eigenvalue weighted by molar-refractivity contribution is 7.92. The van der Waals surface area contributed by atoms with Crippen LogP contribution in [0.4, 0.5) is 20.2 Å². The normalized spacial score (nSPS) is 11.1. The number of carbonyl (C=O) groups excluding carboxylic acids is 1. The van der Waals surface area contributed by atoms with Crippen LogP contribution in [0.3, 0.4) is 0 Å². The predicted octanol–water partition coefficient (Wildman–Crippen LogP) is 4.45. The topological polar surface area (TPSA) is 66.5 Å². The maximum atomic E-state index is 13.6. The Morgan fingerprint density at radius 1 is 0.966 bits per heavy atom. The number of benzene rings is 3. The zero-order valence-electron chi connectivity index (χ0n) is 14.8. The number of halogens is 3. The molecule has 1 N–H and O–H groups in total. The third-order valence-corrected chi connectivity index (χ3v) is 6.02. The first-order valence-corrected chi connectivity index (χ1v) is 10.2. The second-order valence-corrected chi connectivity index (χ2v) is 8.25. The van der Waals surface area contributed by atoms with E-state index in [-0.39, 0.29) is 15.6 Å². The van der Waals surface area contributed by atoms with Gasteiger partial charge in [0.2, 0.25) is 5.91 Å². The molecule has 0 atom stereocenters. The van der Waals surface area contributed by atoms with E-state index in [1.54, 1.807) is 18.2 Å². The second-order valence-electron chi connectivity index (χ2n) is 5.98. The maximum Gasteiger partial charge on any atom is 0.264 e. The molecule has 150 valence electrons. The number of rotatable bonds is 6. The number of anilines is 2. The summed E-state index contributed by atoms with van der Waals surface area (Å²) >= 11 is 5.80. The Morgan fingerprint density at radius 3 is 2.24 bits per heavy atom. The number of amides is 1. The van der Waals surface area contributed by atoms with Gasteiger partial charge in [-0.05, 0) is 54.6 Å². The molecule has 0 unspecified atom stereocenters. The van der Waals surface area contributed by atoms with E-state index in [1.165, 1.54) is 30.3 Å². The molecular weight excluding hydrogens is 422 g/mol. The second kappa shape index (κ2) is 8.59. The van der Waals surface area contributed by atoms with Crippen molar-refractivity contribution in [1.82, 2.24) is 0 Å². The van der Waals surface area contributed by atoms with Crippen molar-refractivity contribution >= 4 is 38.9 Å². The molecule has 0 fully saturated rings. The van der Waals surface area contributed by atoms with Crippen LogP contribution in [0.15, 0.2) is 77.7 Å². The van der Waals surface area contributed by atoms with Crippen molar-refractivity contribution in [3.63, 3.8) is 0 Å². The van der Waals surface area contributed by atoms with E-state index in [9.17, 15) is 22.0 Å². The quantitative estimate of drug-likeness (QED) is 0.620. The number of hydrogen-bond donors (Lipinski definition) is 1. The lowest BCUT2D eigenvalue weighted by atomic mass is 10.3. The molecule has 0 heterocycles. The van der Waals surface area contributed by atoms with E-state index in [2.05, 4.69) is 5.32 Å². The van der Waals surface area contributed by atoms with Crippen LogP contribution in [0.2, 0.25) is 5.02 Å². The number of carbonyl (C=O) groups is 1. The van der Waals surface area contributed by atoms with Crippen molar-refractivity contribution in [2.75, 3.05) is 16.2 Å². The van der Waals surface area contributed by atoms with E-state index in [0.29, 0.717) is 5.69 Å². The molecule has 0 spiro atoms. The fraction of sp³-hybridized carbons (Fsp3) is 0.0500. The molecule has 0 saturated carbocycles. The summed E-state index contributed by atoms with van der Waals surface area (Å²) in [4.78, 5) is 12.4. The molecule has 3 rings (SSSR count). The lowest BCUT2D eigenvalue weighted by Gasteiger charge is -2.24. The van der Waals surface area contributed by atoms with Crippen LogP contribution in [0, 0.1) is 11.6 Å². The van der Waals surface area contributed by atoms with Gasteiger partial charge in [-0.15, -0.1) is 0 Å². The van der Waals surface area contributed by atoms with Crippen LogP contribution in [-0.4, -0.2) is 20.9 Å². The van der Waals surface area contributed by atoms with Crippen molar-refractivity contribution in [3.8, 4) is 0 Å². The van der Waals surface area contributed by atoms with Gasteiger partial charge >= 0.3 is 0 Å². The fourth-order valence-electron chi connectivity index (χ4n) is 2.54. The number of nitrogens with zero attached hydrogens (tertiary/aromatic N) is 1. The van der Waals surface area contributed by atoms with Crippen molar-refractivity contribution in [2.45, 2.75) is 4.90 Å². The summed E-state index contributed by atoms with van der Waals surface area (Å²) in [6.07, 6.45) is 0. The Morgan fingerprint density at radius 2 is 1.62 bits per heavy atom. The maximum absolute atomic E-state index is 13.6. The van der Waals surface area contributed by atoms with Crippen LogP contribution >= 0.6 is 11.6 Å². The van der Waals surface area contributed by atoms with E-state index < -0.39 is 34.1 Å². The van der Waals surface area contributed by atoms with Gasteiger partial charge in [0.05, 0.1) is 15.6 Å². The van der Waals surface area contributed by atoms with E-state index in [1.807, 2.05) is 0 Å². The Labute approximate surface area is 171 Å². The van der Waals surface area contributed by atoms with E-state index in [4.69, 9.17) is 11.6 Å². The molecule has 9 heteroatoms. The highest BCUT2D eigenvalue weighted by Crippen LogP contribution is 2.27. The fourth-order valence-corrected chi connectivity index (χ4v) is 4.15. The summed E-state index contributed by atoms with van der Waals surface area (Å²) in [6, 6.07) is 15.9. The first-order chi connectivity index (χ1) is 13.8. The Hall–Kier alpha value is -2.97. The summed E-state index contributed by atoms with van der Waals surface area (Å²) < 4.78 is 53.6. The molecule has 0 bridgehead atoms. The van der Waals surface area contributed by atoms with Crippen LogP contribution in [-0.2, 0) is 14.8 Å². The highest BCUT2D eigenvalue weighted by atomic mass is 35.5. The van der Waals surface area contributed by atoms with E-state index >= 15 is 0 Å². The monoisotopic (exact) mass is 436 g/mol. The summed E-state index contributed by atoms with van der Waals surface area (Å²) in [5.74, 6) is -1.86. The summed E-state index contributed by atoms with van der Waals surface area (Å²) in [5.41, 5.74) is 0.320. The number of sulfonamides is 1. The van der Waals surface area contributed by atoms with Crippen molar-refractivity contribution in [2.24, 2.45) is 0 Å². The molecular formula is C20H15ClF2N2O3S. The average Bonchev–Trinajstić information content (AvgIpc) is 2.71. The van der Waals surface area contributed by atoms with Crippen LogP contribution in [0.5, 0.6) is 0 Å². The zero-order valence-corrected chi connectivity index (χ0v) is 16.4. The molecule has 1 amide bonds. The highest BCUT2D eigenvalue weighted by Gasteiger charge is 2.27. The molecule has 0 aromatic heterocycles. The SMILES string of the molecule is O=C(CN(c1ccc(F)c(Cl)c1)S(=O)(=O)c1ccccc1)Nc1ccc(F)cc1.